The summed E-state index contributed by atoms with van der Waals surface area (Å²) >= 11 is 5.72. The number of halogens is 4. The van der Waals surface area contributed by atoms with Gasteiger partial charge in [-0.1, -0.05) is 11.3 Å². The molecule has 2 aromatic rings. The lowest BCUT2D eigenvalue weighted by Gasteiger charge is -2.10. The van der Waals surface area contributed by atoms with Gasteiger partial charge >= 0.3 is 6.18 Å². The Balaban J connectivity index is 2.49. The molecule has 0 aliphatic rings. The highest BCUT2D eigenvalue weighted by atomic mass is 35.5. The summed E-state index contributed by atoms with van der Waals surface area (Å²) in [5, 5.41) is 7.68. The summed E-state index contributed by atoms with van der Waals surface area (Å²) in [6, 6.07) is 4.84. The average molecular weight is 306 g/mol. The van der Waals surface area contributed by atoms with Crippen LogP contribution in [0.1, 0.15) is 17.0 Å². The molecule has 0 atom stereocenters. The van der Waals surface area contributed by atoms with Crippen LogP contribution in [-0.4, -0.2) is 22.1 Å². The molecule has 0 N–H and O–H groups in total. The Kier molecular flexibility index (Phi) is 4.29. The van der Waals surface area contributed by atoms with E-state index in [4.69, 9.17) is 16.3 Å². The van der Waals surface area contributed by atoms with Gasteiger partial charge in [0.05, 0.1) is 29.4 Å². The van der Waals surface area contributed by atoms with E-state index in [0.29, 0.717) is 11.4 Å². The monoisotopic (exact) mass is 305 g/mol. The van der Waals surface area contributed by atoms with E-state index in [-0.39, 0.29) is 18.2 Å². The minimum absolute atomic E-state index is 0.109. The largest absolute Gasteiger partial charge is 0.416 e. The molecule has 0 bridgehead atoms. The summed E-state index contributed by atoms with van der Waals surface area (Å²) in [5.74, 6) is 0.109. The van der Waals surface area contributed by atoms with Gasteiger partial charge in [0.15, 0.2) is 0 Å². The quantitative estimate of drug-likeness (QED) is 0.815. The molecule has 1 aromatic heterocycles. The maximum Gasteiger partial charge on any atom is 0.416 e. The fourth-order valence-corrected chi connectivity index (χ4v) is 1.95. The molecule has 0 unspecified atom stereocenters. The van der Waals surface area contributed by atoms with Crippen molar-refractivity contribution in [1.29, 1.82) is 0 Å². The van der Waals surface area contributed by atoms with Gasteiger partial charge in [0.25, 0.3) is 0 Å². The van der Waals surface area contributed by atoms with Crippen LogP contribution in [0.15, 0.2) is 24.3 Å². The molecular formula is C12H11ClF3N3O. The number of ether oxygens (including phenoxy) is 1. The fraction of sp³-hybridized carbons (Fsp3) is 0.333. The lowest BCUT2D eigenvalue weighted by atomic mass is 10.2. The van der Waals surface area contributed by atoms with Crippen LogP contribution in [0.4, 0.5) is 13.2 Å². The molecule has 0 fully saturated rings. The standard InChI is InChI=1S/C12H11ClF3N3O/c1-20-7-11-10(6-13)17-18-19(11)9-4-2-3-8(5-9)12(14,15)16/h2-5H,6-7H2,1H3. The minimum atomic E-state index is -4.41. The fourth-order valence-electron chi connectivity index (χ4n) is 1.74. The summed E-state index contributed by atoms with van der Waals surface area (Å²) < 4.78 is 44.4. The second-order valence-corrected chi connectivity index (χ2v) is 4.28. The Morgan fingerprint density at radius 3 is 2.70 bits per heavy atom. The van der Waals surface area contributed by atoms with Gasteiger partial charge in [0, 0.05) is 7.11 Å². The van der Waals surface area contributed by atoms with Gasteiger partial charge in [-0.3, -0.25) is 0 Å². The summed E-state index contributed by atoms with van der Waals surface area (Å²) in [6.45, 7) is 0.158. The van der Waals surface area contributed by atoms with Crippen LogP contribution in [0.25, 0.3) is 5.69 Å². The van der Waals surface area contributed by atoms with Crippen LogP contribution >= 0.6 is 11.6 Å². The van der Waals surface area contributed by atoms with Gasteiger partial charge in [-0.25, -0.2) is 4.68 Å². The molecule has 0 spiro atoms. The van der Waals surface area contributed by atoms with Crippen LogP contribution in [0.5, 0.6) is 0 Å². The van der Waals surface area contributed by atoms with E-state index in [9.17, 15) is 13.2 Å². The topological polar surface area (TPSA) is 39.9 Å². The Hall–Kier alpha value is -1.60. The first-order chi connectivity index (χ1) is 9.47. The van der Waals surface area contributed by atoms with Crippen molar-refractivity contribution in [1.82, 2.24) is 15.0 Å². The Morgan fingerprint density at radius 1 is 1.35 bits per heavy atom. The van der Waals surface area contributed by atoms with Gasteiger partial charge in [-0.05, 0) is 18.2 Å². The second kappa shape index (κ2) is 5.80. The van der Waals surface area contributed by atoms with Crippen LogP contribution in [0.2, 0.25) is 0 Å². The first kappa shape index (κ1) is 14.8. The van der Waals surface area contributed by atoms with Crippen molar-refractivity contribution in [3.05, 3.63) is 41.2 Å². The number of methoxy groups -OCH3 is 1. The number of rotatable bonds is 4. The molecule has 2 rings (SSSR count). The van der Waals surface area contributed by atoms with E-state index in [2.05, 4.69) is 10.3 Å². The van der Waals surface area contributed by atoms with E-state index in [0.717, 1.165) is 12.1 Å². The van der Waals surface area contributed by atoms with Crippen molar-refractivity contribution in [2.24, 2.45) is 0 Å². The summed E-state index contributed by atoms with van der Waals surface area (Å²) in [4.78, 5) is 0. The maximum absolute atomic E-state index is 12.7. The molecule has 108 valence electrons. The molecule has 8 heteroatoms. The predicted molar refractivity (Wildman–Crippen MR) is 66.6 cm³/mol. The van der Waals surface area contributed by atoms with Crippen molar-refractivity contribution in [2.75, 3.05) is 7.11 Å². The molecule has 4 nitrogen and oxygen atoms in total. The Labute approximate surface area is 118 Å². The number of hydrogen-bond donors (Lipinski definition) is 0. The van der Waals surface area contributed by atoms with Crippen molar-refractivity contribution in [3.63, 3.8) is 0 Å². The molecule has 0 amide bonds. The molecule has 0 saturated carbocycles. The minimum Gasteiger partial charge on any atom is -0.378 e. The second-order valence-electron chi connectivity index (χ2n) is 4.01. The maximum atomic E-state index is 12.7. The molecule has 1 heterocycles. The van der Waals surface area contributed by atoms with Gasteiger partial charge in [0.1, 0.15) is 5.69 Å². The smallest absolute Gasteiger partial charge is 0.378 e. The van der Waals surface area contributed by atoms with Gasteiger partial charge in [0.2, 0.25) is 0 Å². The first-order valence-electron chi connectivity index (χ1n) is 5.63. The molecule has 20 heavy (non-hydrogen) atoms. The normalized spacial score (nSPS) is 11.8. The molecule has 0 aliphatic carbocycles. The summed E-state index contributed by atoms with van der Waals surface area (Å²) in [6.07, 6.45) is -4.41. The SMILES string of the molecule is COCc1c(CCl)nnn1-c1cccc(C(F)(F)F)c1. The van der Waals surface area contributed by atoms with E-state index in [1.807, 2.05) is 0 Å². The zero-order valence-electron chi connectivity index (χ0n) is 10.5. The van der Waals surface area contributed by atoms with Crippen molar-refractivity contribution in [2.45, 2.75) is 18.7 Å². The highest BCUT2D eigenvalue weighted by Crippen LogP contribution is 2.30. The number of alkyl halides is 4. The third-order valence-corrected chi connectivity index (χ3v) is 2.92. The van der Waals surface area contributed by atoms with E-state index in [1.165, 1.54) is 23.9 Å². The highest BCUT2D eigenvalue weighted by molar-refractivity contribution is 6.16. The molecule has 0 radical (unpaired) electrons. The van der Waals surface area contributed by atoms with Crippen LogP contribution in [0.3, 0.4) is 0 Å². The van der Waals surface area contributed by atoms with Gasteiger partial charge in [-0.2, -0.15) is 13.2 Å². The molecular weight excluding hydrogens is 295 g/mol. The van der Waals surface area contributed by atoms with Crippen molar-refractivity contribution in [3.8, 4) is 5.69 Å². The van der Waals surface area contributed by atoms with Crippen LogP contribution in [0, 0.1) is 0 Å². The van der Waals surface area contributed by atoms with E-state index >= 15 is 0 Å². The Morgan fingerprint density at radius 2 is 2.10 bits per heavy atom. The van der Waals surface area contributed by atoms with Crippen LogP contribution < -0.4 is 0 Å². The highest BCUT2D eigenvalue weighted by Gasteiger charge is 2.30. The average Bonchev–Trinajstić information content (AvgIpc) is 2.81. The number of hydrogen-bond acceptors (Lipinski definition) is 3. The Bertz CT molecular complexity index is 598. The van der Waals surface area contributed by atoms with E-state index in [1.54, 1.807) is 0 Å². The zero-order valence-corrected chi connectivity index (χ0v) is 11.2. The van der Waals surface area contributed by atoms with Crippen molar-refractivity contribution >= 4 is 11.6 Å². The predicted octanol–water partition coefficient (Wildman–Crippen LogP) is 3.17. The zero-order chi connectivity index (χ0) is 14.8. The van der Waals surface area contributed by atoms with Crippen molar-refractivity contribution < 1.29 is 17.9 Å². The summed E-state index contributed by atoms with van der Waals surface area (Å²) in [5.41, 5.74) is 0.518. The first-order valence-corrected chi connectivity index (χ1v) is 6.16. The third-order valence-electron chi connectivity index (χ3n) is 2.67. The van der Waals surface area contributed by atoms with Gasteiger partial charge < -0.3 is 4.74 Å². The molecule has 1 aromatic carbocycles. The number of nitrogens with zero attached hydrogens (tertiary/aromatic N) is 3. The van der Waals surface area contributed by atoms with Gasteiger partial charge in [-0.15, -0.1) is 16.7 Å². The lowest BCUT2D eigenvalue weighted by molar-refractivity contribution is -0.137. The van der Waals surface area contributed by atoms with E-state index < -0.39 is 11.7 Å². The number of aromatic nitrogens is 3. The lowest BCUT2D eigenvalue weighted by Crippen LogP contribution is -2.08. The van der Waals surface area contributed by atoms with Crippen LogP contribution in [-0.2, 0) is 23.4 Å². The summed E-state index contributed by atoms with van der Waals surface area (Å²) in [7, 11) is 1.47. The molecule has 0 saturated heterocycles. The number of benzene rings is 1. The molecule has 0 aliphatic heterocycles. The third kappa shape index (κ3) is 2.94.